The molecule has 3 atom stereocenters. The number of nitrogens with zero attached hydrogens (tertiary/aromatic N) is 1. The van der Waals surface area contributed by atoms with Crippen LogP contribution >= 0.6 is 0 Å². The van der Waals surface area contributed by atoms with Crippen LogP contribution in [0, 0.1) is 5.92 Å². The first-order valence-electron chi connectivity index (χ1n) is 7.49. The van der Waals surface area contributed by atoms with Gasteiger partial charge in [0.1, 0.15) is 0 Å². The summed E-state index contributed by atoms with van der Waals surface area (Å²) in [5, 5.41) is 1.17. The number of hydrogen-bond donors (Lipinski definition) is 1. The van der Waals surface area contributed by atoms with E-state index >= 15 is 0 Å². The van der Waals surface area contributed by atoms with Gasteiger partial charge in [-0.3, -0.25) is 4.98 Å². The zero-order chi connectivity index (χ0) is 14.2. The van der Waals surface area contributed by atoms with Crippen LogP contribution in [0.1, 0.15) is 29.6 Å². The second kappa shape index (κ2) is 4.97. The average molecular weight is 274 g/mol. The Morgan fingerprint density at radius 2 is 1.67 bits per heavy atom. The quantitative estimate of drug-likeness (QED) is 0.783. The molecule has 0 spiro atoms. The Morgan fingerprint density at radius 3 is 2.52 bits per heavy atom. The zero-order valence-corrected chi connectivity index (χ0v) is 11.8. The Hall–Kier alpha value is -2.19. The second-order valence-electron chi connectivity index (χ2n) is 5.87. The highest BCUT2D eigenvalue weighted by molar-refractivity contribution is 5.78. The number of rotatable bonds is 3. The summed E-state index contributed by atoms with van der Waals surface area (Å²) in [5.74, 6) is 1.11. The number of fused-ring (bicyclic) bond motifs is 1. The van der Waals surface area contributed by atoms with Crippen LogP contribution in [-0.2, 0) is 0 Å². The van der Waals surface area contributed by atoms with Crippen molar-refractivity contribution in [2.24, 2.45) is 11.7 Å². The highest BCUT2D eigenvalue weighted by Gasteiger charge is 2.43. The molecule has 1 saturated carbocycles. The number of pyridine rings is 1. The van der Waals surface area contributed by atoms with E-state index in [1.165, 1.54) is 17.4 Å². The highest BCUT2D eigenvalue weighted by atomic mass is 14.8. The lowest BCUT2D eigenvalue weighted by Gasteiger charge is -2.12. The predicted octanol–water partition coefficient (Wildman–Crippen LogP) is 4.04. The SMILES string of the molecule is NC(c1ccc2ccccc2n1)C1CC1c1ccccc1. The van der Waals surface area contributed by atoms with Crippen LogP contribution in [0.3, 0.4) is 0 Å². The highest BCUT2D eigenvalue weighted by Crippen LogP contribution is 2.52. The molecule has 2 heteroatoms. The summed E-state index contributed by atoms with van der Waals surface area (Å²) in [6, 6.07) is 23.1. The lowest BCUT2D eigenvalue weighted by atomic mass is 10.0. The van der Waals surface area contributed by atoms with Gasteiger partial charge in [0.05, 0.1) is 17.3 Å². The van der Waals surface area contributed by atoms with E-state index in [0.29, 0.717) is 11.8 Å². The van der Waals surface area contributed by atoms with E-state index in [-0.39, 0.29) is 6.04 Å². The van der Waals surface area contributed by atoms with Gasteiger partial charge in [0.15, 0.2) is 0 Å². The van der Waals surface area contributed by atoms with Gasteiger partial charge in [0, 0.05) is 5.39 Å². The summed E-state index contributed by atoms with van der Waals surface area (Å²) in [6.07, 6.45) is 1.17. The van der Waals surface area contributed by atoms with Crippen LogP contribution in [0.2, 0.25) is 0 Å². The van der Waals surface area contributed by atoms with Gasteiger partial charge in [-0.15, -0.1) is 0 Å². The molecule has 2 N–H and O–H groups in total. The summed E-state index contributed by atoms with van der Waals surface area (Å²) in [4.78, 5) is 4.74. The van der Waals surface area contributed by atoms with E-state index in [4.69, 9.17) is 10.7 Å². The summed E-state index contributed by atoms with van der Waals surface area (Å²) < 4.78 is 0. The van der Waals surface area contributed by atoms with Crippen LogP contribution in [0.5, 0.6) is 0 Å². The Kier molecular flexibility index (Phi) is 2.97. The molecule has 1 heterocycles. The van der Waals surface area contributed by atoms with E-state index in [9.17, 15) is 0 Å². The minimum absolute atomic E-state index is 0.0276. The van der Waals surface area contributed by atoms with Gasteiger partial charge in [-0.2, -0.15) is 0 Å². The van der Waals surface area contributed by atoms with Crippen LogP contribution in [-0.4, -0.2) is 4.98 Å². The molecule has 0 aliphatic heterocycles. The van der Waals surface area contributed by atoms with Crippen molar-refractivity contribution in [3.8, 4) is 0 Å². The molecule has 3 aromatic rings. The van der Waals surface area contributed by atoms with E-state index in [1.807, 2.05) is 18.2 Å². The second-order valence-corrected chi connectivity index (χ2v) is 5.87. The molecule has 2 nitrogen and oxygen atoms in total. The summed E-state index contributed by atoms with van der Waals surface area (Å²) in [6.45, 7) is 0. The van der Waals surface area contributed by atoms with E-state index in [2.05, 4.69) is 48.5 Å². The fourth-order valence-corrected chi connectivity index (χ4v) is 3.18. The van der Waals surface area contributed by atoms with Crippen LogP contribution < -0.4 is 5.73 Å². The number of aromatic nitrogens is 1. The smallest absolute Gasteiger partial charge is 0.0706 e. The number of benzene rings is 2. The largest absolute Gasteiger partial charge is 0.322 e. The molecule has 0 saturated heterocycles. The first-order valence-corrected chi connectivity index (χ1v) is 7.49. The minimum Gasteiger partial charge on any atom is -0.322 e. The topological polar surface area (TPSA) is 38.9 Å². The molecule has 1 aliphatic carbocycles. The van der Waals surface area contributed by atoms with Crippen molar-refractivity contribution < 1.29 is 0 Å². The number of para-hydroxylation sites is 1. The van der Waals surface area contributed by atoms with Crippen molar-refractivity contribution in [2.45, 2.75) is 18.4 Å². The van der Waals surface area contributed by atoms with Crippen molar-refractivity contribution in [3.63, 3.8) is 0 Å². The van der Waals surface area contributed by atoms with Gasteiger partial charge in [-0.25, -0.2) is 0 Å². The molecule has 2 aromatic carbocycles. The van der Waals surface area contributed by atoms with Gasteiger partial charge >= 0.3 is 0 Å². The van der Waals surface area contributed by atoms with Crippen molar-refractivity contribution in [3.05, 3.63) is 78.0 Å². The molecule has 1 aromatic heterocycles. The average Bonchev–Trinajstić information content (AvgIpc) is 3.35. The number of nitrogens with two attached hydrogens (primary N) is 1. The monoisotopic (exact) mass is 274 g/mol. The summed E-state index contributed by atoms with van der Waals surface area (Å²) in [5.41, 5.74) is 9.90. The molecule has 4 rings (SSSR count). The third kappa shape index (κ3) is 2.32. The molecular weight excluding hydrogens is 256 g/mol. The standard InChI is InChI=1S/C19H18N2/c20-19(16-12-15(16)13-6-2-1-3-7-13)18-11-10-14-8-4-5-9-17(14)21-18/h1-11,15-16,19H,12,20H2. The van der Waals surface area contributed by atoms with Crippen LogP contribution in [0.4, 0.5) is 0 Å². The molecule has 0 bridgehead atoms. The molecule has 1 aliphatic rings. The number of hydrogen-bond acceptors (Lipinski definition) is 2. The third-order valence-electron chi connectivity index (χ3n) is 4.49. The molecular formula is C19H18N2. The van der Waals surface area contributed by atoms with Crippen molar-refractivity contribution >= 4 is 10.9 Å². The molecule has 21 heavy (non-hydrogen) atoms. The van der Waals surface area contributed by atoms with E-state index in [1.54, 1.807) is 0 Å². The van der Waals surface area contributed by atoms with Crippen LogP contribution in [0.25, 0.3) is 10.9 Å². The molecule has 1 fully saturated rings. The van der Waals surface area contributed by atoms with Crippen molar-refractivity contribution in [2.75, 3.05) is 0 Å². The van der Waals surface area contributed by atoms with Gasteiger partial charge in [0.2, 0.25) is 0 Å². The van der Waals surface area contributed by atoms with Gasteiger partial charge in [0.25, 0.3) is 0 Å². The van der Waals surface area contributed by atoms with E-state index < -0.39 is 0 Å². The molecule has 0 amide bonds. The molecule has 0 radical (unpaired) electrons. The zero-order valence-electron chi connectivity index (χ0n) is 11.8. The molecule has 3 unspecified atom stereocenters. The minimum atomic E-state index is 0.0276. The lowest BCUT2D eigenvalue weighted by Crippen LogP contribution is -2.15. The maximum atomic E-state index is 6.46. The summed E-state index contributed by atoms with van der Waals surface area (Å²) in [7, 11) is 0. The Morgan fingerprint density at radius 1 is 0.905 bits per heavy atom. The van der Waals surface area contributed by atoms with Crippen molar-refractivity contribution in [1.82, 2.24) is 4.98 Å². The van der Waals surface area contributed by atoms with Gasteiger partial charge < -0.3 is 5.73 Å². The van der Waals surface area contributed by atoms with E-state index in [0.717, 1.165) is 11.2 Å². The van der Waals surface area contributed by atoms with Gasteiger partial charge in [-0.05, 0) is 36.0 Å². The fraction of sp³-hybridized carbons (Fsp3) is 0.211. The first kappa shape index (κ1) is 12.5. The first-order chi connectivity index (χ1) is 10.3. The van der Waals surface area contributed by atoms with Gasteiger partial charge in [-0.1, -0.05) is 54.6 Å². The summed E-state index contributed by atoms with van der Waals surface area (Å²) >= 11 is 0. The van der Waals surface area contributed by atoms with Crippen LogP contribution in [0.15, 0.2) is 66.7 Å². The Balaban J connectivity index is 1.58. The lowest BCUT2D eigenvalue weighted by molar-refractivity contribution is 0.601. The normalized spacial score (nSPS) is 22.1. The Bertz CT molecular complexity index is 767. The fourth-order valence-electron chi connectivity index (χ4n) is 3.18. The maximum Gasteiger partial charge on any atom is 0.0706 e. The maximum absolute atomic E-state index is 6.46. The third-order valence-corrected chi connectivity index (χ3v) is 4.49. The molecule has 104 valence electrons. The Labute approximate surface area is 124 Å². The van der Waals surface area contributed by atoms with Crippen molar-refractivity contribution in [1.29, 1.82) is 0 Å². The predicted molar refractivity (Wildman–Crippen MR) is 86.0 cm³/mol.